The van der Waals surface area contributed by atoms with Gasteiger partial charge in [-0.1, -0.05) is 86.4 Å². The molecule has 2 atom stereocenters. The van der Waals surface area contributed by atoms with E-state index in [1.807, 2.05) is 12.2 Å². The molecule has 0 bridgehead atoms. The average Bonchev–Trinajstić information content (AvgIpc) is 3.31. The van der Waals surface area contributed by atoms with Gasteiger partial charge in [-0.2, -0.15) is 6.08 Å². The Bertz CT molecular complexity index is 558. The molecule has 2 spiro atoms. The third kappa shape index (κ3) is 7.87. The van der Waals surface area contributed by atoms with Crippen molar-refractivity contribution < 1.29 is 25.8 Å². The number of hydrogen-bond acceptors (Lipinski definition) is 0. The molecule has 3 aliphatic carbocycles. The summed E-state index contributed by atoms with van der Waals surface area (Å²) in [6.45, 7) is 0. The van der Waals surface area contributed by atoms with Crippen LogP contribution in [0, 0.1) is 6.08 Å². The van der Waals surface area contributed by atoms with E-state index in [-0.39, 0.29) is 44.9 Å². The van der Waals surface area contributed by atoms with Crippen molar-refractivity contribution in [2.75, 3.05) is 0 Å². The average molecular weight is 572 g/mol. The van der Waals surface area contributed by atoms with E-state index in [4.69, 9.17) is 0 Å². The molecule has 2 unspecified atom stereocenters. The zero-order valence-electron chi connectivity index (χ0n) is 17.5. The molecule has 0 radical (unpaired) electrons. The van der Waals surface area contributed by atoms with Crippen molar-refractivity contribution >= 4 is 19.0 Å². The summed E-state index contributed by atoms with van der Waals surface area (Å²) < 4.78 is 0. The molecule has 0 nitrogen and oxygen atoms in total. The fourth-order valence-corrected chi connectivity index (χ4v) is 9.97. The largest absolute Gasteiger partial charge is 0.273 e. The van der Waals surface area contributed by atoms with Gasteiger partial charge in [-0.05, 0) is 35.8 Å². The van der Waals surface area contributed by atoms with Crippen LogP contribution in [-0.4, -0.2) is 19.0 Å². The van der Waals surface area contributed by atoms with E-state index in [1.54, 1.807) is 12.1 Å². The van der Waals surface area contributed by atoms with E-state index in [9.17, 15) is 0 Å². The molecule has 2 saturated heterocycles. The predicted octanol–water partition coefficient (Wildman–Crippen LogP) is 6.17. The molecule has 28 heavy (non-hydrogen) atoms. The molecule has 3 heteroatoms. The zero-order valence-corrected chi connectivity index (χ0v) is 24.0. The summed E-state index contributed by atoms with van der Waals surface area (Å²) in [4.78, 5) is 0. The summed E-state index contributed by atoms with van der Waals surface area (Å²) in [7, 11) is 0.436. The molecule has 5 rings (SSSR count). The molecule has 0 N–H and O–H groups in total. The van der Waals surface area contributed by atoms with Gasteiger partial charge in [-0.15, -0.1) is 6.42 Å². The summed E-state index contributed by atoms with van der Waals surface area (Å²) >= 11 is 0. The first-order valence-corrected chi connectivity index (χ1v) is 14.6. The molecule has 0 amide bonds. The van der Waals surface area contributed by atoms with E-state index in [2.05, 4.69) is 60.8 Å². The Morgan fingerprint density at radius 1 is 0.643 bits per heavy atom. The van der Waals surface area contributed by atoms with Gasteiger partial charge >= 0.3 is 0 Å². The quantitative estimate of drug-likeness (QED) is 0.241. The first kappa shape index (κ1) is 24.0. The Hall–Kier alpha value is -0.256. The van der Waals surface area contributed by atoms with Crippen LogP contribution in [-0.2, 0) is 25.8 Å². The molecule has 0 saturated carbocycles. The first-order valence-electron chi connectivity index (χ1n) is 11.2. The fraction of sp³-hybridized carbons (Fsp3) is 0.520. The van der Waals surface area contributed by atoms with Crippen molar-refractivity contribution in [2.45, 2.75) is 80.0 Å². The molecule has 0 aromatic carbocycles. The SMILES string of the molecule is C1=CCC2(C=C1)CCCC[SiH2]2.C1=CCC2(C=C1)CCCC[SiH2]2.[C-]1=CC=CC1.[Hf]. The maximum Gasteiger partial charge on any atom is 0.0322 e. The Morgan fingerprint density at radius 3 is 1.50 bits per heavy atom. The smallest absolute Gasteiger partial charge is 0.0322 e. The first-order chi connectivity index (χ1) is 13.3. The summed E-state index contributed by atoms with van der Waals surface area (Å²) in [6.07, 6.45) is 40.3. The molecule has 5 aliphatic rings. The molecular weight excluding hydrogens is 535 g/mol. The second-order valence-corrected chi connectivity index (χ2v) is 14.1. The maximum absolute atomic E-state index is 2.99. The normalized spacial score (nSPS) is 33.4. The van der Waals surface area contributed by atoms with Gasteiger partial charge in [0.1, 0.15) is 0 Å². The van der Waals surface area contributed by atoms with Crippen molar-refractivity contribution in [1.29, 1.82) is 0 Å². The minimum atomic E-state index is 0. The molecule has 0 aromatic rings. The summed E-state index contributed by atoms with van der Waals surface area (Å²) in [5, 5.41) is 1.46. The summed E-state index contributed by atoms with van der Waals surface area (Å²) in [5.74, 6) is 0. The molecular formula is C25H37HfSi2-. The van der Waals surface area contributed by atoms with Gasteiger partial charge in [0, 0.05) is 44.9 Å². The van der Waals surface area contributed by atoms with Crippen LogP contribution >= 0.6 is 0 Å². The van der Waals surface area contributed by atoms with Crippen LogP contribution in [0.4, 0.5) is 0 Å². The monoisotopic (exact) mass is 573 g/mol. The molecule has 150 valence electrons. The van der Waals surface area contributed by atoms with E-state index in [1.165, 1.54) is 51.4 Å². The maximum atomic E-state index is 2.99. The second kappa shape index (κ2) is 13.1. The Morgan fingerprint density at radius 2 is 1.21 bits per heavy atom. The van der Waals surface area contributed by atoms with Crippen LogP contribution < -0.4 is 0 Å². The van der Waals surface area contributed by atoms with Crippen LogP contribution in [0.15, 0.2) is 66.8 Å². The van der Waals surface area contributed by atoms with Gasteiger partial charge in [0.05, 0.1) is 0 Å². The van der Waals surface area contributed by atoms with Crippen LogP contribution in [0.1, 0.15) is 57.8 Å². The third-order valence-corrected chi connectivity index (χ3v) is 12.2. The summed E-state index contributed by atoms with van der Waals surface area (Å²) in [5.41, 5.74) is 0. The topological polar surface area (TPSA) is 0 Å². The van der Waals surface area contributed by atoms with Gasteiger partial charge in [0.2, 0.25) is 0 Å². The fourth-order valence-electron chi connectivity index (χ4n) is 5.01. The zero-order chi connectivity index (χ0) is 18.7. The molecule has 2 aliphatic heterocycles. The molecule has 0 aromatic heterocycles. The van der Waals surface area contributed by atoms with Crippen LogP contribution in [0.25, 0.3) is 0 Å². The predicted molar refractivity (Wildman–Crippen MR) is 127 cm³/mol. The van der Waals surface area contributed by atoms with Gasteiger partial charge < -0.3 is 0 Å². The minimum Gasteiger partial charge on any atom is -0.273 e. The van der Waals surface area contributed by atoms with E-state index >= 15 is 0 Å². The number of rotatable bonds is 0. The van der Waals surface area contributed by atoms with Crippen molar-refractivity contribution in [1.82, 2.24) is 0 Å². The van der Waals surface area contributed by atoms with Crippen LogP contribution in [0.5, 0.6) is 0 Å². The van der Waals surface area contributed by atoms with E-state index in [0.717, 1.165) is 16.5 Å². The number of hydrogen-bond donors (Lipinski definition) is 0. The van der Waals surface area contributed by atoms with Crippen molar-refractivity contribution in [3.8, 4) is 0 Å². The van der Waals surface area contributed by atoms with Crippen molar-refractivity contribution in [3.05, 3.63) is 72.9 Å². The Labute approximate surface area is 196 Å². The molecule has 2 heterocycles. The van der Waals surface area contributed by atoms with E-state index < -0.39 is 0 Å². The van der Waals surface area contributed by atoms with Gasteiger partial charge in [-0.3, -0.25) is 6.08 Å². The third-order valence-electron chi connectivity index (χ3n) is 6.73. The minimum absolute atomic E-state index is 0. The van der Waals surface area contributed by atoms with Gasteiger partial charge in [-0.25, -0.2) is 12.2 Å². The Kier molecular flexibility index (Phi) is 11.3. The van der Waals surface area contributed by atoms with Gasteiger partial charge in [0.15, 0.2) is 0 Å². The molecule has 2 fully saturated rings. The number of allylic oxidation sites excluding steroid dienone is 12. The van der Waals surface area contributed by atoms with Crippen molar-refractivity contribution in [3.63, 3.8) is 0 Å². The standard InChI is InChI=1S/2C10H16Si.C5H5.Hf/c2*1-2-6-10(7-3-1)8-4-5-9-11-10;1-2-4-5-3-1;/h2*1-3,6H,4-5,7-9,11H2;1-3H,4H2;/q;;-1;. The second-order valence-electron chi connectivity index (χ2n) is 8.83. The van der Waals surface area contributed by atoms with Crippen molar-refractivity contribution in [2.24, 2.45) is 0 Å². The Balaban J connectivity index is 0.000000157. The van der Waals surface area contributed by atoms with E-state index in [0.29, 0.717) is 0 Å². The summed E-state index contributed by atoms with van der Waals surface area (Å²) in [6, 6.07) is 3.16. The van der Waals surface area contributed by atoms with Crippen LogP contribution in [0.3, 0.4) is 0 Å². The van der Waals surface area contributed by atoms with Crippen LogP contribution in [0.2, 0.25) is 22.2 Å². The van der Waals surface area contributed by atoms with Gasteiger partial charge in [0.25, 0.3) is 0 Å².